The van der Waals surface area contributed by atoms with E-state index in [2.05, 4.69) is 36.2 Å². The molecule has 0 saturated carbocycles. The first kappa shape index (κ1) is 10.0. The summed E-state index contributed by atoms with van der Waals surface area (Å²) < 4.78 is 0.826. The highest BCUT2D eigenvalue weighted by Crippen LogP contribution is 2.10. The Hall–Kier alpha value is -1.49. The highest BCUT2D eigenvalue weighted by molar-refractivity contribution is 9.10. The molecule has 0 aromatic carbocycles. The first-order valence-corrected chi connectivity index (χ1v) is 5.24. The van der Waals surface area contributed by atoms with Crippen molar-refractivity contribution in [1.82, 2.24) is 15.0 Å². The van der Waals surface area contributed by atoms with Gasteiger partial charge in [-0.3, -0.25) is 9.97 Å². The van der Waals surface area contributed by atoms with Crippen molar-refractivity contribution < 1.29 is 0 Å². The SMILES string of the molecule is Brc1ccc(NCc2cnccn2)cn1. The van der Waals surface area contributed by atoms with Crippen molar-refractivity contribution in [2.75, 3.05) is 5.32 Å². The van der Waals surface area contributed by atoms with Crippen LogP contribution in [-0.4, -0.2) is 15.0 Å². The second-order valence-electron chi connectivity index (χ2n) is 2.92. The molecule has 0 aliphatic heterocycles. The molecule has 0 aliphatic rings. The molecular weight excluding hydrogens is 256 g/mol. The van der Waals surface area contributed by atoms with Gasteiger partial charge in [-0.1, -0.05) is 0 Å². The van der Waals surface area contributed by atoms with Crippen LogP contribution in [0.15, 0.2) is 41.5 Å². The Kier molecular flexibility index (Phi) is 3.24. The van der Waals surface area contributed by atoms with Crippen molar-refractivity contribution in [3.63, 3.8) is 0 Å². The molecule has 76 valence electrons. The highest BCUT2D eigenvalue weighted by Gasteiger charge is 1.95. The second-order valence-corrected chi connectivity index (χ2v) is 3.73. The molecule has 0 atom stereocenters. The van der Waals surface area contributed by atoms with Crippen LogP contribution < -0.4 is 5.32 Å². The van der Waals surface area contributed by atoms with Gasteiger partial charge in [0.1, 0.15) is 4.60 Å². The Morgan fingerprint density at radius 1 is 1.13 bits per heavy atom. The van der Waals surface area contributed by atoms with Gasteiger partial charge in [-0.2, -0.15) is 0 Å². The Morgan fingerprint density at radius 2 is 2.07 bits per heavy atom. The van der Waals surface area contributed by atoms with E-state index in [1.807, 2.05) is 12.1 Å². The number of anilines is 1. The van der Waals surface area contributed by atoms with E-state index >= 15 is 0 Å². The molecule has 15 heavy (non-hydrogen) atoms. The molecule has 2 aromatic heterocycles. The summed E-state index contributed by atoms with van der Waals surface area (Å²) >= 11 is 3.28. The predicted octanol–water partition coefficient (Wildman–Crippen LogP) is 2.25. The van der Waals surface area contributed by atoms with E-state index in [0.29, 0.717) is 6.54 Å². The Balaban J connectivity index is 1.96. The fourth-order valence-corrected chi connectivity index (χ4v) is 1.33. The van der Waals surface area contributed by atoms with Gasteiger partial charge in [0.05, 0.1) is 30.3 Å². The molecule has 4 nitrogen and oxygen atoms in total. The third-order valence-electron chi connectivity index (χ3n) is 1.82. The molecule has 2 rings (SSSR count). The quantitative estimate of drug-likeness (QED) is 0.865. The van der Waals surface area contributed by atoms with Crippen LogP contribution in [0.4, 0.5) is 5.69 Å². The van der Waals surface area contributed by atoms with E-state index in [9.17, 15) is 0 Å². The maximum Gasteiger partial charge on any atom is 0.106 e. The normalized spacial score (nSPS) is 9.93. The highest BCUT2D eigenvalue weighted by atomic mass is 79.9. The topological polar surface area (TPSA) is 50.7 Å². The van der Waals surface area contributed by atoms with Crippen LogP contribution in [0.2, 0.25) is 0 Å². The van der Waals surface area contributed by atoms with Gasteiger partial charge >= 0.3 is 0 Å². The molecule has 2 aromatic rings. The summed E-state index contributed by atoms with van der Waals surface area (Å²) in [5.74, 6) is 0. The lowest BCUT2D eigenvalue weighted by molar-refractivity contribution is 1.01. The lowest BCUT2D eigenvalue weighted by atomic mass is 10.4. The first-order valence-electron chi connectivity index (χ1n) is 4.45. The average Bonchev–Trinajstić information content (AvgIpc) is 2.30. The maximum atomic E-state index is 4.16. The van der Waals surface area contributed by atoms with Gasteiger partial charge in [0, 0.05) is 12.4 Å². The summed E-state index contributed by atoms with van der Waals surface area (Å²) in [6.45, 7) is 0.650. The Labute approximate surface area is 95.9 Å². The van der Waals surface area contributed by atoms with Crippen LogP contribution in [0.3, 0.4) is 0 Å². The third-order valence-corrected chi connectivity index (χ3v) is 2.29. The predicted molar refractivity (Wildman–Crippen MR) is 61.3 cm³/mol. The van der Waals surface area contributed by atoms with Crippen LogP contribution >= 0.6 is 15.9 Å². The molecule has 0 fully saturated rings. The standard InChI is InChI=1S/C10H9BrN4/c11-10-2-1-8(6-15-10)14-7-9-5-12-3-4-13-9/h1-6,14H,7H2. The van der Waals surface area contributed by atoms with Crippen LogP contribution in [0.25, 0.3) is 0 Å². The zero-order chi connectivity index (χ0) is 10.5. The maximum absolute atomic E-state index is 4.16. The van der Waals surface area contributed by atoms with Gasteiger partial charge in [-0.25, -0.2) is 4.98 Å². The number of nitrogens with one attached hydrogen (secondary N) is 1. The number of halogens is 1. The number of nitrogens with zero attached hydrogens (tertiary/aromatic N) is 3. The van der Waals surface area contributed by atoms with E-state index < -0.39 is 0 Å². The third kappa shape index (κ3) is 2.99. The van der Waals surface area contributed by atoms with Gasteiger partial charge in [-0.05, 0) is 28.1 Å². The zero-order valence-corrected chi connectivity index (χ0v) is 9.48. The number of hydrogen-bond donors (Lipinski definition) is 1. The van der Waals surface area contributed by atoms with E-state index in [4.69, 9.17) is 0 Å². The van der Waals surface area contributed by atoms with Crippen molar-refractivity contribution in [2.45, 2.75) is 6.54 Å². The summed E-state index contributed by atoms with van der Waals surface area (Å²) in [7, 11) is 0. The van der Waals surface area contributed by atoms with Crippen molar-refractivity contribution in [3.05, 3.63) is 47.2 Å². The average molecular weight is 265 g/mol. The number of aromatic nitrogens is 3. The van der Waals surface area contributed by atoms with Gasteiger partial charge in [0.15, 0.2) is 0 Å². The van der Waals surface area contributed by atoms with Crippen molar-refractivity contribution in [1.29, 1.82) is 0 Å². The molecular formula is C10H9BrN4. The fraction of sp³-hybridized carbons (Fsp3) is 0.100. The zero-order valence-electron chi connectivity index (χ0n) is 7.89. The molecule has 0 aliphatic carbocycles. The fourth-order valence-electron chi connectivity index (χ4n) is 1.09. The molecule has 0 amide bonds. The molecule has 5 heteroatoms. The minimum atomic E-state index is 0.650. The van der Waals surface area contributed by atoms with Gasteiger partial charge in [-0.15, -0.1) is 0 Å². The Morgan fingerprint density at radius 3 is 2.73 bits per heavy atom. The van der Waals surface area contributed by atoms with Crippen LogP contribution in [0.1, 0.15) is 5.69 Å². The largest absolute Gasteiger partial charge is 0.378 e. The molecule has 0 bridgehead atoms. The lowest BCUT2D eigenvalue weighted by Crippen LogP contribution is -2.01. The van der Waals surface area contributed by atoms with Crippen LogP contribution in [0.5, 0.6) is 0 Å². The van der Waals surface area contributed by atoms with E-state index in [0.717, 1.165) is 16.0 Å². The van der Waals surface area contributed by atoms with Crippen molar-refractivity contribution >= 4 is 21.6 Å². The molecule has 0 unspecified atom stereocenters. The minimum Gasteiger partial charge on any atom is -0.378 e. The number of rotatable bonds is 3. The summed E-state index contributed by atoms with van der Waals surface area (Å²) in [6, 6.07) is 3.84. The van der Waals surface area contributed by atoms with Gasteiger partial charge in [0.2, 0.25) is 0 Å². The van der Waals surface area contributed by atoms with Crippen molar-refractivity contribution in [3.8, 4) is 0 Å². The van der Waals surface area contributed by atoms with E-state index in [1.165, 1.54) is 0 Å². The molecule has 0 spiro atoms. The Bertz CT molecular complexity index is 415. The first-order chi connectivity index (χ1) is 7.34. The second kappa shape index (κ2) is 4.84. The molecule has 0 radical (unpaired) electrons. The number of pyridine rings is 1. The smallest absolute Gasteiger partial charge is 0.106 e. The summed E-state index contributed by atoms with van der Waals surface area (Å²) in [6.07, 6.45) is 6.83. The summed E-state index contributed by atoms with van der Waals surface area (Å²) in [5.41, 5.74) is 1.87. The number of hydrogen-bond acceptors (Lipinski definition) is 4. The van der Waals surface area contributed by atoms with Gasteiger partial charge < -0.3 is 5.32 Å². The van der Waals surface area contributed by atoms with Crippen molar-refractivity contribution in [2.24, 2.45) is 0 Å². The summed E-state index contributed by atoms with van der Waals surface area (Å²) in [4.78, 5) is 12.3. The molecule has 1 N–H and O–H groups in total. The monoisotopic (exact) mass is 264 g/mol. The lowest BCUT2D eigenvalue weighted by Gasteiger charge is -2.04. The van der Waals surface area contributed by atoms with Gasteiger partial charge in [0.25, 0.3) is 0 Å². The van der Waals surface area contributed by atoms with Crippen LogP contribution in [-0.2, 0) is 6.54 Å². The summed E-state index contributed by atoms with van der Waals surface area (Å²) in [5, 5.41) is 3.20. The molecule has 0 saturated heterocycles. The van der Waals surface area contributed by atoms with E-state index in [1.54, 1.807) is 24.8 Å². The minimum absolute atomic E-state index is 0.650. The molecule has 2 heterocycles. The van der Waals surface area contributed by atoms with Crippen LogP contribution in [0, 0.1) is 0 Å². The van der Waals surface area contributed by atoms with E-state index in [-0.39, 0.29) is 0 Å².